The quantitative estimate of drug-likeness (QED) is 0.603. The number of nitrogens with one attached hydrogen (secondary N) is 2. The third kappa shape index (κ3) is 5.60. The Hall–Kier alpha value is -2.69. The van der Waals surface area contributed by atoms with E-state index < -0.39 is 28.0 Å². The Kier molecular flexibility index (Phi) is 7.35. The van der Waals surface area contributed by atoms with Crippen LogP contribution in [0.4, 0.5) is 0 Å². The molecule has 4 rings (SSSR count). The van der Waals surface area contributed by atoms with Crippen molar-refractivity contribution < 1.29 is 22.8 Å². The van der Waals surface area contributed by atoms with E-state index in [2.05, 4.69) is 10.0 Å². The first-order chi connectivity index (χ1) is 16.5. The molecule has 0 radical (unpaired) electrons. The van der Waals surface area contributed by atoms with E-state index in [1.807, 2.05) is 0 Å². The van der Waals surface area contributed by atoms with Gasteiger partial charge in [-0.25, -0.2) is 8.42 Å². The minimum absolute atomic E-state index is 0.0556. The van der Waals surface area contributed by atoms with Crippen molar-refractivity contribution in [2.45, 2.75) is 56.1 Å². The van der Waals surface area contributed by atoms with E-state index in [9.17, 15) is 22.8 Å². The molecule has 2 aliphatic rings. The van der Waals surface area contributed by atoms with Crippen LogP contribution in [0.1, 0.15) is 33.1 Å². The zero-order valence-electron chi connectivity index (χ0n) is 19.7. The molecule has 1 unspecified atom stereocenters. The molecule has 0 aliphatic carbocycles. The van der Waals surface area contributed by atoms with E-state index in [0.29, 0.717) is 18.1 Å². The van der Waals surface area contributed by atoms with Gasteiger partial charge in [0, 0.05) is 37.6 Å². The molecular weight excluding hydrogens is 492 g/mol. The number of likely N-dealkylation sites (tertiary alicyclic amines) is 2. The lowest BCUT2D eigenvalue weighted by Crippen LogP contribution is -2.55. The maximum atomic E-state index is 13.1. The second kappa shape index (κ2) is 10.1. The molecule has 0 aromatic heterocycles. The minimum atomic E-state index is -3.95. The molecule has 35 heavy (non-hydrogen) atoms. The third-order valence-corrected chi connectivity index (χ3v) is 8.29. The van der Waals surface area contributed by atoms with Crippen molar-refractivity contribution in [1.82, 2.24) is 19.8 Å². The standard InChI is InChI=1S/C24H29ClN4O5S/c1-15(23(31)28-10-3-4-20(14-28)26-16(2)30)29-11-9-22(24(29)32)27-35(33,34)21-8-6-17-12-19(25)7-5-18(17)13-21/h5-8,12-13,15,20,22,27H,3-4,9-11,14H2,1-2H3,(H,26,30)/t15-,20?,22+/m1/s1. The van der Waals surface area contributed by atoms with Crippen LogP contribution in [0.15, 0.2) is 41.3 Å². The first-order valence-corrected chi connectivity index (χ1v) is 13.5. The van der Waals surface area contributed by atoms with Gasteiger partial charge in [0.05, 0.1) is 4.90 Å². The molecule has 0 saturated carbocycles. The molecular formula is C24H29ClN4O5S. The van der Waals surface area contributed by atoms with Crippen LogP contribution >= 0.6 is 11.6 Å². The normalized spacial score (nSPS) is 21.9. The minimum Gasteiger partial charge on any atom is -0.352 e. The molecule has 2 fully saturated rings. The van der Waals surface area contributed by atoms with E-state index in [-0.39, 0.29) is 35.7 Å². The van der Waals surface area contributed by atoms with Gasteiger partial charge < -0.3 is 15.1 Å². The third-order valence-electron chi connectivity index (χ3n) is 6.59. The number of amides is 3. The summed E-state index contributed by atoms with van der Waals surface area (Å²) in [5.41, 5.74) is 0. The second-order valence-corrected chi connectivity index (χ2v) is 11.3. The predicted molar refractivity (Wildman–Crippen MR) is 132 cm³/mol. The monoisotopic (exact) mass is 520 g/mol. The molecule has 2 aliphatic heterocycles. The summed E-state index contributed by atoms with van der Waals surface area (Å²) < 4.78 is 28.5. The number of benzene rings is 2. The maximum absolute atomic E-state index is 13.1. The van der Waals surface area contributed by atoms with E-state index in [1.165, 1.54) is 17.9 Å². The molecule has 9 nitrogen and oxygen atoms in total. The molecule has 2 aromatic rings. The maximum Gasteiger partial charge on any atom is 0.245 e. The van der Waals surface area contributed by atoms with Crippen molar-refractivity contribution in [2.24, 2.45) is 0 Å². The van der Waals surface area contributed by atoms with Gasteiger partial charge in [-0.15, -0.1) is 0 Å². The first kappa shape index (κ1) is 25.4. The second-order valence-electron chi connectivity index (χ2n) is 9.15. The SMILES string of the molecule is CC(=O)NC1CCCN(C(=O)[C@@H](C)N2CC[C@H](NS(=O)(=O)c3ccc4cc(Cl)ccc4c3)C2=O)C1. The molecule has 2 aromatic carbocycles. The number of fused-ring (bicyclic) bond motifs is 1. The van der Waals surface area contributed by atoms with Gasteiger partial charge in [-0.1, -0.05) is 23.7 Å². The summed E-state index contributed by atoms with van der Waals surface area (Å²) in [6, 6.07) is 8.09. The number of hydrogen-bond acceptors (Lipinski definition) is 5. The molecule has 3 amide bonds. The Labute approximate surface area is 209 Å². The fourth-order valence-electron chi connectivity index (χ4n) is 4.79. The average molecular weight is 521 g/mol. The Morgan fingerprint density at radius 2 is 1.80 bits per heavy atom. The number of piperidine rings is 1. The van der Waals surface area contributed by atoms with Gasteiger partial charge in [0.15, 0.2) is 0 Å². The van der Waals surface area contributed by atoms with E-state index >= 15 is 0 Å². The van der Waals surface area contributed by atoms with Crippen LogP contribution in [-0.4, -0.2) is 73.7 Å². The number of hydrogen-bond donors (Lipinski definition) is 2. The zero-order valence-corrected chi connectivity index (χ0v) is 21.2. The highest BCUT2D eigenvalue weighted by atomic mass is 35.5. The molecule has 3 atom stereocenters. The topological polar surface area (TPSA) is 116 Å². The van der Waals surface area contributed by atoms with Crippen LogP contribution in [0.5, 0.6) is 0 Å². The van der Waals surface area contributed by atoms with Crippen molar-refractivity contribution in [3.8, 4) is 0 Å². The summed E-state index contributed by atoms with van der Waals surface area (Å²) in [5.74, 6) is -0.764. The lowest BCUT2D eigenvalue weighted by molar-refractivity contribution is -0.144. The average Bonchev–Trinajstić information content (AvgIpc) is 3.16. The molecule has 2 saturated heterocycles. The number of nitrogens with zero attached hydrogens (tertiary/aromatic N) is 2. The van der Waals surface area contributed by atoms with Crippen LogP contribution in [0.25, 0.3) is 10.8 Å². The van der Waals surface area contributed by atoms with Gasteiger partial charge >= 0.3 is 0 Å². The van der Waals surface area contributed by atoms with Gasteiger partial charge in [0.2, 0.25) is 27.7 Å². The number of rotatable bonds is 6. The van der Waals surface area contributed by atoms with Gasteiger partial charge in [-0.2, -0.15) is 4.72 Å². The van der Waals surface area contributed by atoms with Crippen LogP contribution in [0.3, 0.4) is 0 Å². The van der Waals surface area contributed by atoms with Gasteiger partial charge in [-0.05, 0) is 61.2 Å². The Morgan fingerprint density at radius 1 is 1.09 bits per heavy atom. The van der Waals surface area contributed by atoms with E-state index in [1.54, 1.807) is 42.2 Å². The van der Waals surface area contributed by atoms with Gasteiger partial charge in [0.25, 0.3) is 0 Å². The largest absolute Gasteiger partial charge is 0.352 e. The lowest BCUT2D eigenvalue weighted by Gasteiger charge is -2.36. The van der Waals surface area contributed by atoms with Crippen LogP contribution in [-0.2, 0) is 24.4 Å². The van der Waals surface area contributed by atoms with E-state index in [0.717, 1.165) is 23.6 Å². The highest BCUT2D eigenvalue weighted by Crippen LogP contribution is 2.24. The predicted octanol–water partition coefficient (Wildman–Crippen LogP) is 1.89. The summed E-state index contributed by atoms with van der Waals surface area (Å²) in [4.78, 5) is 40.7. The number of sulfonamides is 1. The van der Waals surface area contributed by atoms with Crippen molar-refractivity contribution in [3.05, 3.63) is 41.4 Å². The molecule has 2 N–H and O–H groups in total. The van der Waals surface area contributed by atoms with Crippen molar-refractivity contribution in [3.63, 3.8) is 0 Å². The molecule has 2 heterocycles. The number of carbonyl (C=O) groups is 3. The summed E-state index contributed by atoms with van der Waals surface area (Å²) in [5, 5.41) is 4.93. The first-order valence-electron chi connectivity index (χ1n) is 11.6. The number of halogens is 1. The highest BCUT2D eigenvalue weighted by molar-refractivity contribution is 7.89. The summed E-state index contributed by atoms with van der Waals surface area (Å²) in [7, 11) is -3.95. The lowest BCUT2D eigenvalue weighted by atomic mass is 10.0. The highest BCUT2D eigenvalue weighted by Gasteiger charge is 2.40. The fraction of sp³-hybridized carbons (Fsp3) is 0.458. The van der Waals surface area contributed by atoms with Crippen molar-refractivity contribution >= 4 is 50.1 Å². The van der Waals surface area contributed by atoms with Gasteiger partial charge in [-0.3, -0.25) is 14.4 Å². The zero-order chi connectivity index (χ0) is 25.3. The van der Waals surface area contributed by atoms with Crippen molar-refractivity contribution in [2.75, 3.05) is 19.6 Å². The summed E-state index contributed by atoms with van der Waals surface area (Å²) in [6.45, 7) is 4.34. The van der Waals surface area contributed by atoms with Crippen molar-refractivity contribution in [1.29, 1.82) is 0 Å². The number of carbonyl (C=O) groups excluding carboxylic acids is 3. The Bertz CT molecular complexity index is 1270. The summed E-state index contributed by atoms with van der Waals surface area (Å²) >= 11 is 6.00. The Balaban J connectivity index is 1.42. The van der Waals surface area contributed by atoms with Crippen LogP contribution < -0.4 is 10.0 Å². The fourth-order valence-corrected chi connectivity index (χ4v) is 6.23. The Morgan fingerprint density at radius 3 is 2.54 bits per heavy atom. The smallest absolute Gasteiger partial charge is 0.245 e. The summed E-state index contributed by atoms with van der Waals surface area (Å²) in [6.07, 6.45) is 1.83. The molecule has 188 valence electrons. The van der Waals surface area contributed by atoms with Gasteiger partial charge in [0.1, 0.15) is 12.1 Å². The van der Waals surface area contributed by atoms with Crippen LogP contribution in [0, 0.1) is 0 Å². The molecule has 0 spiro atoms. The van der Waals surface area contributed by atoms with E-state index in [4.69, 9.17) is 11.6 Å². The van der Waals surface area contributed by atoms with Crippen LogP contribution in [0.2, 0.25) is 5.02 Å². The molecule has 0 bridgehead atoms. The molecule has 11 heteroatoms.